The second-order valence-corrected chi connectivity index (χ2v) is 8.74. The summed E-state index contributed by atoms with van der Waals surface area (Å²) < 4.78 is 23.0. The van der Waals surface area contributed by atoms with E-state index < -0.39 is 24.3 Å². The summed E-state index contributed by atoms with van der Waals surface area (Å²) in [5.41, 5.74) is 1.56. The monoisotopic (exact) mass is 489 g/mol. The fourth-order valence-electron chi connectivity index (χ4n) is 4.01. The lowest BCUT2D eigenvalue weighted by molar-refractivity contribution is 0.104. The molecule has 192 valence electrons. The minimum Gasteiger partial charge on any atom is -0.497 e. The molecule has 3 atom stereocenters. The Kier molecular flexibility index (Phi) is 10.6. The van der Waals surface area contributed by atoms with E-state index in [1.54, 1.807) is 31.4 Å². The highest BCUT2D eigenvalue weighted by Gasteiger charge is 2.29. The van der Waals surface area contributed by atoms with Crippen molar-refractivity contribution in [1.82, 2.24) is 15.5 Å². The summed E-state index contributed by atoms with van der Waals surface area (Å²) in [6.45, 7) is 2.01. The van der Waals surface area contributed by atoms with E-state index in [9.17, 15) is 19.4 Å². The third kappa shape index (κ3) is 8.69. The number of urea groups is 1. The van der Waals surface area contributed by atoms with E-state index in [0.29, 0.717) is 63.4 Å². The van der Waals surface area contributed by atoms with Gasteiger partial charge in [0.05, 0.1) is 32.5 Å². The van der Waals surface area contributed by atoms with Crippen LogP contribution in [0, 0.1) is 0 Å². The van der Waals surface area contributed by atoms with Crippen molar-refractivity contribution in [3.05, 3.63) is 59.7 Å². The molecular formula is C26H36FN3O5. The largest absolute Gasteiger partial charge is 0.497 e. The average molecular weight is 490 g/mol. The molecule has 2 aromatic rings. The molecule has 8 nitrogen and oxygen atoms in total. The molecule has 0 aromatic heterocycles. The van der Waals surface area contributed by atoms with Crippen molar-refractivity contribution in [3.63, 3.8) is 0 Å². The molecule has 1 aliphatic heterocycles. The zero-order valence-electron chi connectivity index (χ0n) is 20.2. The molecule has 0 radical (unpaired) electrons. The lowest BCUT2D eigenvalue weighted by atomic mass is 10.0. The molecule has 3 rings (SSSR count). The fraction of sp³-hybridized carbons (Fsp3) is 0.500. The first-order valence-corrected chi connectivity index (χ1v) is 12.0. The Morgan fingerprint density at radius 1 is 1.14 bits per heavy atom. The van der Waals surface area contributed by atoms with Gasteiger partial charge in [0.25, 0.3) is 0 Å². The number of methoxy groups -OCH3 is 1. The molecule has 0 bridgehead atoms. The van der Waals surface area contributed by atoms with Crippen LogP contribution in [0.5, 0.6) is 11.5 Å². The minimum absolute atomic E-state index is 0.329. The minimum atomic E-state index is -0.958. The van der Waals surface area contributed by atoms with E-state index in [4.69, 9.17) is 9.47 Å². The van der Waals surface area contributed by atoms with Crippen LogP contribution in [0.4, 0.5) is 9.18 Å². The summed E-state index contributed by atoms with van der Waals surface area (Å²) in [4.78, 5) is 14.7. The molecule has 0 aliphatic carbocycles. The van der Waals surface area contributed by atoms with Crippen molar-refractivity contribution < 1.29 is 28.9 Å². The molecule has 0 spiro atoms. The zero-order chi connectivity index (χ0) is 25.0. The zero-order valence-corrected chi connectivity index (χ0v) is 20.2. The third-order valence-electron chi connectivity index (χ3n) is 6.03. The second kappa shape index (κ2) is 13.9. The van der Waals surface area contributed by atoms with Crippen LogP contribution in [0.2, 0.25) is 0 Å². The lowest BCUT2D eigenvalue weighted by Gasteiger charge is -2.29. The van der Waals surface area contributed by atoms with Crippen molar-refractivity contribution in [2.24, 2.45) is 0 Å². The fourth-order valence-corrected chi connectivity index (χ4v) is 4.01. The number of halogens is 1. The van der Waals surface area contributed by atoms with Crippen LogP contribution in [0.15, 0.2) is 48.5 Å². The van der Waals surface area contributed by atoms with E-state index in [2.05, 4.69) is 10.6 Å². The highest BCUT2D eigenvalue weighted by atomic mass is 19.1. The maximum absolute atomic E-state index is 12.7. The van der Waals surface area contributed by atoms with E-state index in [1.165, 1.54) is 0 Å². The van der Waals surface area contributed by atoms with Gasteiger partial charge in [-0.1, -0.05) is 24.3 Å². The number of likely N-dealkylation sites (tertiary alicyclic amines) is 1. The number of nitrogens with one attached hydrogen (secondary N) is 2. The summed E-state index contributed by atoms with van der Waals surface area (Å²) in [7, 11) is 1.60. The maximum atomic E-state index is 12.7. The standard InChI is InChI=1S/C26H36FN3O5/c1-34-22-8-4-19(5-9-22)16-28-26(33)29-24(18-30-14-12-21(31)17-30)25(32)20-6-10-23(11-7-20)35-15-3-2-13-27/h4-11,21,24-25,31-32H,2-3,12-18H2,1H3,(H2,28,29,33). The molecule has 1 saturated heterocycles. The molecule has 1 aliphatic rings. The molecule has 35 heavy (non-hydrogen) atoms. The number of carbonyl (C=O) groups is 1. The van der Waals surface area contributed by atoms with Crippen LogP contribution < -0.4 is 20.1 Å². The first-order chi connectivity index (χ1) is 17.0. The SMILES string of the molecule is COc1ccc(CNC(=O)NC(CN2CCC(O)C2)C(O)c2ccc(OCCCCF)cc2)cc1. The molecule has 0 saturated carbocycles. The molecule has 9 heteroatoms. The Morgan fingerprint density at radius 2 is 1.86 bits per heavy atom. The number of nitrogens with zero attached hydrogens (tertiary/aromatic N) is 1. The quantitative estimate of drug-likeness (QED) is 0.323. The number of hydrogen-bond donors (Lipinski definition) is 4. The van der Waals surface area contributed by atoms with E-state index in [1.807, 2.05) is 29.2 Å². The number of aliphatic hydroxyl groups is 2. The van der Waals surface area contributed by atoms with Crippen molar-refractivity contribution in [1.29, 1.82) is 0 Å². The smallest absolute Gasteiger partial charge is 0.315 e. The van der Waals surface area contributed by atoms with Gasteiger partial charge >= 0.3 is 6.03 Å². The van der Waals surface area contributed by atoms with Crippen LogP contribution in [0.25, 0.3) is 0 Å². The van der Waals surface area contributed by atoms with Gasteiger partial charge in [-0.2, -0.15) is 0 Å². The second-order valence-electron chi connectivity index (χ2n) is 8.74. The number of aliphatic hydroxyl groups excluding tert-OH is 2. The van der Waals surface area contributed by atoms with E-state index in [-0.39, 0.29) is 6.67 Å². The van der Waals surface area contributed by atoms with Crippen molar-refractivity contribution >= 4 is 6.03 Å². The number of hydrogen-bond acceptors (Lipinski definition) is 6. The number of benzene rings is 2. The Balaban J connectivity index is 1.60. The molecule has 2 amide bonds. The van der Waals surface area contributed by atoms with Crippen LogP contribution in [0.3, 0.4) is 0 Å². The number of ether oxygens (including phenoxy) is 2. The van der Waals surface area contributed by atoms with Gasteiger partial charge in [0.2, 0.25) is 0 Å². The molecule has 2 aromatic carbocycles. The highest BCUT2D eigenvalue weighted by Crippen LogP contribution is 2.22. The lowest BCUT2D eigenvalue weighted by Crippen LogP contribution is -2.50. The van der Waals surface area contributed by atoms with Crippen LogP contribution in [0.1, 0.15) is 36.5 Å². The normalized spacial score (nSPS) is 17.5. The molecule has 4 N–H and O–H groups in total. The van der Waals surface area contributed by atoms with Crippen LogP contribution in [-0.4, -0.2) is 73.3 Å². The van der Waals surface area contributed by atoms with Crippen molar-refractivity contribution in [3.8, 4) is 11.5 Å². The number of β-amino-alcohol motifs (C(OH)–C–C–N with tert-alkyl or cyclic N) is 1. The third-order valence-corrected chi connectivity index (χ3v) is 6.03. The van der Waals surface area contributed by atoms with E-state index in [0.717, 1.165) is 11.3 Å². The van der Waals surface area contributed by atoms with Crippen molar-refractivity contribution in [2.45, 2.75) is 44.1 Å². The number of amides is 2. The number of rotatable bonds is 13. The van der Waals surface area contributed by atoms with Gasteiger partial charge in [-0.25, -0.2) is 4.79 Å². The highest BCUT2D eigenvalue weighted by molar-refractivity contribution is 5.74. The summed E-state index contributed by atoms with van der Waals surface area (Å²) in [5, 5.41) is 26.7. The number of alkyl halides is 1. The summed E-state index contributed by atoms with van der Waals surface area (Å²) in [5.74, 6) is 1.38. The van der Waals surface area contributed by atoms with E-state index >= 15 is 0 Å². The number of unbranched alkanes of at least 4 members (excludes halogenated alkanes) is 1. The molecule has 3 unspecified atom stereocenters. The Bertz CT molecular complexity index is 897. The predicted octanol–water partition coefficient (Wildman–Crippen LogP) is 2.79. The number of carbonyl (C=O) groups excluding carboxylic acids is 1. The summed E-state index contributed by atoms with van der Waals surface area (Å²) in [6.07, 6.45) is 0.419. The van der Waals surface area contributed by atoms with Crippen LogP contribution >= 0.6 is 0 Å². The molecule has 1 fully saturated rings. The Morgan fingerprint density at radius 3 is 2.49 bits per heavy atom. The molecule has 1 heterocycles. The van der Waals surface area contributed by atoms with Gasteiger partial charge in [0.15, 0.2) is 0 Å². The van der Waals surface area contributed by atoms with Gasteiger partial charge in [-0.3, -0.25) is 9.29 Å². The maximum Gasteiger partial charge on any atom is 0.315 e. The first-order valence-electron chi connectivity index (χ1n) is 12.0. The summed E-state index contributed by atoms with van der Waals surface area (Å²) >= 11 is 0. The van der Waals surface area contributed by atoms with Gasteiger partial charge in [0, 0.05) is 26.2 Å². The van der Waals surface area contributed by atoms with Crippen LogP contribution in [-0.2, 0) is 6.54 Å². The Labute approximate surface area is 206 Å². The predicted molar refractivity (Wildman–Crippen MR) is 131 cm³/mol. The van der Waals surface area contributed by atoms with Crippen molar-refractivity contribution in [2.75, 3.05) is 40.0 Å². The topological polar surface area (TPSA) is 103 Å². The van der Waals surface area contributed by atoms with Gasteiger partial charge in [-0.05, 0) is 54.7 Å². The Hall–Kier alpha value is -2.88. The first kappa shape index (κ1) is 26.7. The summed E-state index contributed by atoms with van der Waals surface area (Å²) in [6, 6.07) is 13.5. The van der Waals surface area contributed by atoms with Gasteiger partial charge in [-0.15, -0.1) is 0 Å². The average Bonchev–Trinajstić information content (AvgIpc) is 3.29. The van der Waals surface area contributed by atoms with Gasteiger partial charge in [0.1, 0.15) is 17.6 Å². The molecular weight excluding hydrogens is 453 g/mol. The van der Waals surface area contributed by atoms with Gasteiger partial charge < -0.3 is 30.3 Å².